The van der Waals surface area contributed by atoms with Gasteiger partial charge in [-0.05, 0) is 6.66 Å². The molecule has 0 aromatic carbocycles. The fourth-order valence-electron chi connectivity index (χ4n) is 0. The van der Waals surface area contributed by atoms with E-state index in [9.17, 15) is 0 Å². The summed E-state index contributed by atoms with van der Waals surface area (Å²) in [6.45, 7) is 1.96. The van der Waals surface area contributed by atoms with Gasteiger partial charge in [0.05, 0.1) is 0 Å². The molecule has 3 heteroatoms. The van der Waals surface area contributed by atoms with E-state index in [1.807, 2.05) is 6.66 Å². The molecule has 0 amide bonds. The van der Waals surface area contributed by atoms with E-state index in [2.05, 4.69) is 0 Å². The molecular weight excluding hydrogens is 126 g/mol. The molecule has 0 spiro atoms. The Kier molecular flexibility index (Phi) is 3.86. The van der Waals surface area contributed by atoms with Gasteiger partial charge in [-0.15, -0.1) is 23.2 Å². The van der Waals surface area contributed by atoms with Crippen LogP contribution in [0.25, 0.3) is 0 Å². The van der Waals surface area contributed by atoms with E-state index in [0.717, 1.165) is 0 Å². The molecule has 1 unspecified atom stereocenters. The number of halogens is 2. The summed E-state index contributed by atoms with van der Waals surface area (Å²) in [6, 6.07) is 0. The highest BCUT2D eigenvalue weighted by atomic mass is 35.5. The van der Waals surface area contributed by atoms with E-state index < -0.39 is 0 Å². The molecule has 0 N–H and O–H groups in total. The Morgan fingerprint density at radius 3 is 1.80 bits per heavy atom. The second-order valence-corrected chi connectivity index (χ2v) is 3.57. The smallest absolute Gasteiger partial charge is 0.101 e. The van der Waals surface area contributed by atoms with Crippen molar-refractivity contribution in [2.45, 2.75) is 4.58 Å². The van der Waals surface area contributed by atoms with Crippen molar-refractivity contribution in [1.29, 1.82) is 0 Å². The second kappa shape index (κ2) is 3.21. The molecule has 0 saturated carbocycles. The number of rotatable bonds is 1. The Bertz CT molecular complexity index is 21.6. The van der Waals surface area contributed by atoms with Crippen LogP contribution in [0.4, 0.5) is 0 Å². The van der Waals surface area contributed by atoms with E-state index in [-0.39, 0.29) is 4.58 Å². The normalized spacial score (nSPS) is 12.0. The predicted molar refractivity (Wildman–Crippen MR) is 29.7 cm³/mol. The molecule has 5 heavy (non-hydrogen) atoms. The van der Waals surface area contributed by atoms with Crippen molar-refractivity contribution in [3.8, 4) is 0 Å². The zero-order valence-electron chi connectivity index (χ0n) is 2.83. The standard InChI is InChI=1S/C2H5Cl2P/c1-5-2(3)4/h2,5H,1H3. The van der Waals surface area contributed by atoms with Gasteiger partial charge in [0.15, 0.2) is 0 Å². The van der Waals surface area contributed by atoms with Gasteiger partial charge >= 0.3 is 0 Å². The number of alkyl halides is 2. The van der Waals surface area contributed by atoms with Gasteiger partial charge in [0, 0.05) is 0 Å². The van der Waals surface area contributed by atoms with Gasteiger partial charge in [-0.1, -0.05) is 8.58 Å². The molecule has 0 heterocycles. The molecule has 0 rings (SSSR count). The first-order valence-electron chi connectivity index (χ1n) is 1.23. The topological polar surface area (TPSA) is 0 Å². The molecule has 0 aliphatic carbocycles. The van der Waals surface area contributed by atoms with Crippen LogP contribution < -0.4 is 0 Å². The average molecular weight is 131 g/mol. The van der Waals surface area contributed by atoms with Crippen molar-refractivity contribution in [1.82, 2.24) is 0 Å². The van der Waals surface area contributed by atoms with Crippen molar-refractivity contribution in [3.05, 3.63) is 0 Å². The summed E-state index contributed by atoms with van der Waals surface area (Å²) in [5, 5.41) is 0. The first-order chi connectivity index (χ1) is 2.27. The van der Waals surface area contributed by atoms with Gasteiger partial charge in [-0.25, -0.2) is 0 Å². The Morgan fingerprint density at radius 1 is 1.60 bits per heavy atom. The van der Waals surface area contributed by atoms with Crippen LogP contribution in [0.1, 0.15) is 0 Å². The Morgan fingerprint density at radius 2 is 1.80 bits per heavy atom. The summed E-state index contributed by atoms with van der Waals surface area (Å²) in [4.78, 5) is 0. The molecule has 0 aliphatic heterocycles. The molecule has 0 fully saturated rings. The van der Waals surface area contributed by atoms with E-state index >= 15 is 0 Å². The van der Waals surface area contributed by atoms with Crippen molar-refractivity contribution in [3.63, 3.8) is 0 Å². The van der Waals surface area contributed by atoms with Crippen LogP contribution >= 0.6 is 31.8 Å². The Balaban J connectivity index is 2.54. The molecule has 0 aromatic rings. The Hall–Kier alpha value is 1.01. The molecule has 0 nitrogen and oxygen atoms in total. The van der Waals surface area contributed by atoms with Crippen LogP contribution in [-0.4, -0.2) is 11.2 Å². The zero-order chi connectivity index (χ0) is 4.28. The molecule has 32 valence electrons. The van der Waals surface area contributed by atoms with Crippen molar-refractivity contribution < 1.29 is 0 Å². The summed E-state index contributed by atoms with van der Waals surface area (Å²) in [5.41, 5.74) is 0. The van der Waals surface area contributed by atoms with Crippen molar-refractivity contribution >= 4 is 31.8 Å². The summed E-state index contributed by atoms with van der Waals surface area (Å²) >= 11 is 10.5. The molecule has 0 aromatic heterocycles. The highest BCUT2D eigenvalue weighted by Crippen LogP contribution is 2.20. The molecule has 0 bridgehead atoms. The fraction of sp³-hybridized carbons (Fsp3) is 1.00. The van der Waals surface area contributed by atoms with Crippen LogP contribution in [0.5, 0.6) is 0 Å². The maximum absolute atomic E-state index is 5.24. The van der Waals surface area contributed by atoms with Crippen LogP contribution in [0.3, 0.4) is 0 Å². The maximum Gasteiger partial charge on any atom is 0.123 e. The number of hydrogen-bond acceptors (Lipinski definition) is 0. The maximum atomic E-state index is 5.24. The largest absolute Gasteiger partial charge is 0.123 e. The van der Waals surface area contributed by atoms with Gasteiger partial charge in [-0.2, -0.15) is 0 Å². The lowest BCUT2D eigenvalue weighted by atomic mass is 11.8. The van der Waals surface area contributed by atoms with Gasteiger partial charge in [0.25, 0.3) is 0 Å². The van der Waals surface area contributed by atoms with Crippen LogP contribution in [0.2, 0.25) is 0 Å². The van der Waals surface area contributed by atoms with Crippen LogP contribution in [-0.2, 0) is 0 Å². The zero-order valence-corrected chi connectivity index (χ0v) is 5.35. The summed E-state index contributed by atoms with van der Waals surface area (Å²) in [5.74, 6) is 0. The predicted octanol–water partition coefficient (Wildman–Crippen LogP) is 2.06. The summed E-state index contributed by atoms with van der Waals surface area (Å²) in [7, 11) is 0.645. The summed E-state index contributed by atoms with van der Waals surface area (Å²) < 4.78 is -0.144. The van der Waals surface area contributed by atoms with Crippen molar-refractivity contribution in [2.75, 3.05) is 6.66 Å². The SMILES string of the molecule is CPC(Cl)Cl. The highest BCUT2D eigenvalue weighted by Gasteiger charge is 1.85. The Labute approximate surface area is 43.6 Å². The van der Waals surface area contributed by atoms with Gasteiger partial charge in [0.2, 0.25) is 0 Å². The van der Waals surface area contributed by atoms with E-state index in [1.165, 1.54) is 0 Å². The lowest BCUT2D eigenvalue weighted by Gasteiger charge is -1.85. The average Bonchev–Trinajstić information content (AvgIpc) is 1.38. The van der Waals surface area contributed by atoms with E-state index in [4.69, 9.17) is 23.2 Å². The fourth-order valence-corrected chi connectivity index (χ4v) is 0. The van der Waals surface area contributed by atoms with Crippen LogP contribution in [0.15, 0.2) is 0 Å². The number of hydrogen-bond donors (Lipinski definition) is 0. The van der Waals surface area contributed by atoms with Gasteiger partial charge < -0.3 is 0 Å². The van der Waals surface area contributed by atoms with E-state index in [0.29, 0.717) is 8.58 Å². The minimum atomic E-state index is -0.144. The van der Waals surface area contributed by atoms with E-state index in [1.54, 1.807) is 0 Å². The second-order valence-electron chi connectivity index (χ2n) is 0.589. The summed E-state index contributed by atoms with van der Waals surface area (Å²) in [6.07, 6.45) is 0. The highest BCUT2D eigenvalue weighted by molar-refractivity contribution is 7.43. The third-order valence-electron chi connectivity index (χ3n) is 0.218. The van der Waals surface area contributed by atoms with Gasteiger partial charge in [0.1, 0.15) is 4.58 Å². The quantitative estimate of drug-likeness (QED) is 0.377. The first-order valence-corrected chi connectivity index (χ1v) is 3.68. The minimum absolute atomic E-state index is 0.144. The van der Waals surface area contributed by atoms with Gasteiger partial charge in [-0.3, -0.25) is 0 Å². The monoisotopic (exact) mass is 130 g/mol. The molecule has 0 aliphatic rings. The minimum Gasteiger partial charge on any atom is -0.101 e. The molecule has 1 atom stereocenters. The first kappa shape index (κ1) is 6.01. The third-order valence-corrected chi connectivity index (χ3v) is 1.96. The van der Waals surface area contributed by atoms with Crippen LogP contribution in [0, 0.1) is 0 Å². The molecular formula is C2H5Cl2P. The molecule has 0 saturated heterocycles. The van der Waals surface area contributed by atoms with Crippen molar-refractivity contribution in [2.24, 2.45) is 0 Å². The third kappa shape index (κ3) is 5.01. The molecule has 0 radical (unpaired) electrons. The lowest BCUT2D eigenvalue weighted by Crippen LogP contribution is -1.63. The lowest BCUT2D eigenvalue weighted by molar-refractivity contribution is 1.95.